The van der Waals surface area contributed by atoms with Crippen LogP contribution in [0.25, 0.3) is 0 Å². The predicted molar refractivity (Wildman–Crippen MR) is 161 cm³/mol. The number of hydrogen-bond acceptors (Lipinski definition) is 6. The van der Waals surface area contributed by atoms with E-state index in [-0.39, 0.29) is 37.3 Å². The van der Waals surface area contributed by atoms with E-state index in [9.17, 15) is 26.7 Å². The van der Waals surface area contributed by atoms with Crippen LogP contribution in [0.4, 0.5) is 27.6 Å². The molecule has 3 aromatic rings. The Hall–Kier alpha value is -3.94. The van der Waals surface area contributed by atoms with E-state index in [1.165, 1.54) is 43.6 Å². The summed E-state index contributed by atoms with van der Waals surface area (Å²) in [6.45, 7) is 3.69. The van der Waals surface area contributed by atoms with Crippen LogP contribution >= 0.6 is 0 Å². The van der Waals surface area contributed by atoms with E-state index in [4.69, 9.17) is 14.6 Å². The van der Waals surface area contributed by atoms with Crippen LogP contribution in [0.3, 0.4) is 0 Å². The molecule has 2 aromatic carbocycles. The van der Waals surface area contributed by atoms with Gasteiger partial charge in [-0.25, -0.2) is 22.0 Å². The number of carbonyl (C=O) groups excluding carboxylic acids is 1. The number of nitrogens with one attached hydrogen (secondary N) is 3. The van der Waals surface area contributed by atoms with E-state index in [0.29, 0.717) is 42.7 Å². The molecule has 1 saturated heterocycles. The van der Waals surface area contributed by atoms with Gasteiger partial charge in [-0.1, -0.05) is 30.3 Å². The number of nitrogens with zero attached hydrogens (tertiary/aromatic N) is 1. The summed E-state index contributed by atoms with van der Waals surface area (Å²) in [5.41, 5.74) is 1.54. The number of anilines is 1. The molecule has 1 amide bonds. The summed E-state index contributed by atoms with van der Waals surface area (Å²) in [6, 6.07) is 12.1. The minimum Gasteiger partial charge on any atom is -0.483 e. The molecular formula is C32H39F5N4O4. The van der Waals surface area contributed by atoms with Gasteiger partial charge < -0.3 is 25.8 Å². The Morgan fingerprint density at radius 3 is 2.36 bits per heavy atom. The van der Waals surface area contributed by atoms with Gasteiger partial charge in [0.15, 0.2) is 0 Å². The summed E-state index contributed by atoms with van der Waals surface area (Å²) < 4.78 is 71.9. The van der Waals surface area contributed by atoms with Crippen LogP contribution in [-0.4, -0.2) is 67.3 Å². The zero-order valence-corrected chi connectivity index (χ0v) is 25.3. The van der Waals surface area contributed by atoms with Crippen molar-refractivity contribution < 1.29 is 41.4 Å². The van der Waals surface area contributed by atoms with Crippen molar-refractivity contribution in [1.29, 1.82) is 0 Å². The number of pyridine rings is 1. The van der Waals surface area contributed by atoms with Crippen molar-refractivity contribution >= 4 is 18.1 Å². The van der Waals surface area contributed by atoms with Gasteiger partial charge in [0.2, 0.25) is 5.91 Å². The lowest BCUT2D eigenvalue weighted by molar-refractivity contribution is -0.123. The molecule has 1 aromatic heterocycles. The molecule has 0 saturated carbocycles. The number of morpholine rings is 1. The second-order valence-corrected chi connectivity index (χ2v) is 10.5. The highest BCUT2D eigenvalue weighted by atomic mass is 19.3. The van der Waals surface area contributed by atoms with Crippen LogP contribution in [0.1, 0.15) is 49.3 Å². The molecule has 1 aliphatic rings. The molecule has 246 valence electrons. The number of amides is 1. The number of benzene rings is 2. The maximum absolute atomic E-state index is 14.6. The summed E-state index contributed by atoms with van der Waals surface area (Å²) in [4.78, 5) is 25.3. The highest BCUT2D eigenvalue weighted by molar-refractivity contribution is 5.92. The number of hydrogen-bond donors (Lipinski definition) is 4. The van der Waals surface area contributed by atoms with Gasteiger partial charge in [0, 0.05) is 37.4 Å². The standard InChI is InChI=1S/C27H28F3N3O2.C4H9F2N.CH2O2/c1-17-16-35-20(13-32-17)10-11-22-25(30)14-31-15-26(22)33-27(34)12-23(18-6-8-19(28)9-7-18)21-4-2-3-5-24(21)29;1-4(5,6)3-7-2;2-1-3/h2-9,14-15,17,20,23,32H,10-13,16H2,1H3,(H,33,34);7H,3H2,1-2H3;1H,(H,2,3)/t17-,20-,23+;;/m1../s1. The van der Waals surface area contributed by atoms with Gasteiger partial charge in [0.05, 0.1) is 37.3 Å². The molecule has 4 N–H and O–H groups in total. The van der Waals surface area contributed by atoms with Crippen molar-refractivity contribution in [3.8, 4) is 0 Å². The summed E-state index contributed by atoms with van der Waals surface area (Å²) >= 11 is 0. The van der Waals surface area contributed by atoms with Crippen LogP contribution in [0.2, 0.25) is 0 Å². The van der Waals surface area contributed by atoms with Crippen LogP contribution in [0.15, 0.2) is 60.9 Å². The minimum absolute atomic E-state index is 0.0498. The molecule has 3 atom stereocenters. The van der Waals surface area contributed by atoms with Crippen molar-refractivity contribution in [1.82, 2.24) is 15.6 Å². The largest absolute Gasteiger partial charge is 0.483 e. The Bertz CT molecular complexity index is 1330. The third kappa shape index (κ3) is 13.3. The Labute approximate surface area is 259 Å². The number of alkyl halides is 2. The van der Waals surface area contributed by atoms with Crippen molar-refractivity contribution in [2.75, 3.05) is 32.1 Å². The first-order valence-corrected chi connectivity index (χ1v) is 14.3. The minimum atomic E-state index is -2.56. The number of rotatable bonds is 10. The van der Waals surface area contributed by atoms with Crippen molar-refractivity contribution in [3.63, 3.8) is 0 Å². The van der Waals surface area contributed by atoms with Crippen LogP contribution in [-0.2, 0) is 20.7 Å². The molecule has 0 radical (unpaired) electrons. The summed E-state index contributed by atoms with van der Waals surface area (Å²) in [5.74, 6) is -5.03. The Morgan fingerprint density at radius 2 is 1.80 bits per heavy atom. The quantitative estimate of drug-likeness (QED) is 0.171. The van der Waals surface area contributed by atoms with Crippen molar-refractivity contribution in [2.24, 2.45) is 0 Å². The molecule has 45 heavy (non-hydrogen) atoms. The zero-order chi connectivity index (χ0) is 33.4. The Morgan fingerprint density at radius 1 is 1.13 bits per heavy atom. The van der Waals surface area contributed by atoms with E-state index >= 15 is 0 Å². The van der Waals surface area contributed by atoms with Crippen molar-refractivity contribution in [2.45, 2.75) is 57.1 Å². The average molecular weight is 639 g/mol. The molecule has 2 heterocycles. The van der Waals surface area contributed by atoms with E-state index < -0.39 is 35.2 Å². The number of halogens is 5. The second kappa shape index (κ2) is 18.8. The summed E-state index contributed by atoms with van der Waals surface area (Å²) in [6.07, 6.45) is 3.31. The number of carbonyl (C=O) groups is 2. The first-order chi connectivity index (χ1) is 21.4. The van der Waals surface area contributed by atoms with Gasteiger partial charge in [-0.2, -0.15) is 0 Å². The number of aromatic nitrogens is 1. The maximum Gasteiger partial charge on any atom is 0.290 e. The Kier molecular flexibility index (Phi) is 15.5. The number of carboxylic acid groups (broad SMARTS) is 1. The average Bonchev–Trinajstić information content (AvgIpc) is 2.98. The third-order valence-corrected chi connectivity index (χ3v) is 6.70. The van der Waals surface area contributed by atoms with Gasteiger partial charge in [-0.3, -0.25) is 14.6 Å². The molecule has 1 fully saturated rings. The molecule has 4 rings (SSSR count). The fourth-order valence-corrected chi connectivity index (χ4v) is 4.60. The summed E-state index contributed by atoms with van der Waals surface area (Å²) in [5, 5.41) is 15.3. The summed E-state index contributed by atoms with van der Waals surface area (Å²) in [7, 11) is 1.50. The second-order valence-electron chi connectivity index (χ2n) is 10.5. The lowest BCUT2D eigenvalue weighted by atomic mass is 9.88. The molecule has 0 bridgehead atoms. The fourth-order valence-electron chi connectivity index (χ4n) is 4.60. The van der Waals surface area contributed by atoms with Crippen LogP contribution < -0.4 is 16.0 Å². The molecule has 1 aliphatic heterocycles. The normalized spacial score (nSPS) is 16.7. The van der Waals surface area contributed by atoms with Crippen LogP contribution in [0.5, 0.6) is 0 Å². The smallest absolute Gasteiger partial charge is 0.290 e. The molecule has 0 unspecified atom stereocenters. The van der Waals surface area contributed by atoms with Gasteiger partial charge in [-0.05, 0) is 56.1 Å². The Balaban J connectivity index is 0.000000614. The van der Waals surface area contributed by atoms with Gasteiger partial charge in [0.1, 0.15) is 17.5 Å². The predicted octanol–water partition coefficient (Wildman–Crippen LogP) is 5.53. The lowest BCUT2D eigenvalue weighted by Crippen LogP contribution is -2.44. The fraction of sp³-hybridized carbons (Fsp3) is 0.406. The first-order valence-electron chi connectivity index (χ1n) is 14.3. The SMILES string of the molecule is CNCC(C)(F)F.C[C@@H]1CO[C@H](CCc2c(F)cncc2NC(=O)C[C@@H](c2ccc(F)cc2)c2ccccc2F)CN1.O=CO. The molecule has 0 spiro atoms. The molecular weight excluding hydrogens is 599 g/mol. The topological polar surface area (TPSA) is 113 Å². The highest BCUT2D eigenvalue weighted by Gasteiger charge is 2.24. The van der Waals surface area contributed by atoms with Gasteiger partial charge in [-0.15, -0.1) is 0 Å². The maximum atomic E-state index is 14.6. The van der Waals surface area contributed by atoms with E-state index in [0.717, 1.165) is 13.1 Å². The van der Waals surface area contributed by atoms with E-state index in [1.54, 1.807) is 18.2 Å². The highest BCUT2D eigenvalue weighted by Crippen LogP contribution is 2.31. The zero-order valence-electron chi connectivity index (χ0n) is 25.3. The third-order valence-electron chi connectivity index (χ3n) is 6.70. The van der Waals surface area contributed by atoms with Gasteiger partial charge in [0.25, 0.3) is 12.4 Å². The number of ether oxygens (including phenoxy) is 1. The van der Waals surface area contributed by atoms with E-state index in [2.05, 4.69) is 20.9 Å². The molecule has 8 nitrogen and oxygen atoms in total. The monoisotopic (exact) mass is 638 g/mol. The molecule has 0 aliphatic carbocycles. The van der Waals surface area contributed by atoms with Crippen LogP contribution in [0, 0.1) is 17.5 Å². The lowest BCUT2D eigenvalue weighted by Gasteiger charge is -2.28. The molecule has 13 heteroatoms. The van der Waals surface area contributed by atoms with Gasteiger partial charge >= 0.3 is 0 Å². The van der Waals surface area contributed by atoms with E-state index in [1.807, 2.05) is 6.92 Å². The first kappa shape index (κ1) is 37.2. The van der Waals surface area contributed by atoms with Crippen molar-refractivity contribution in [3.05, 3.63) is 95.1 Å².